The Morgan fingerprint density at radius 1 is 1.12 bits per heavy atom. The molecule has 0 amide bonds. The molecule has 0 bridgehead atoms. The van der Waals surface area contributed by atoms with Gasteiger partial charge in [0.15, 0.2) is 0 Å². The molecule has 0 spiro atoms. The largest absolute Gasteiger partial charge is 0.417 e. The summed E-state index contributed by atoms with van der Waals surface area (Å²) < 4.78 is 52.8. The van der Waals surface area contributed by atoms with Gasteiger partial charge in [0.25, 0.3) is 0 Å². The Kier molecular flexibility index (Phi) is 4.52. The second kappa shape index (κ2) is 6.51. The summed E-state index contributed by atoms with van der Waals surface area (Å²) in [4.78, 5) is 1.56. The van der Waals surface area contributed by atoms with E-state index in [9.17, 15) is 28.1 Å². The van der Waals surface area contributed by atoms with Gasteiger partial charge in [-0.25, -0.2) is 4.39 Å². The molecule has 8 heteroatoms. The Morgan fingerprint density at radius 3 is 2.46 bits per heavy atom. The average molecular weight is 380 g/mol. The lowest BCUT2D eigenvalue weighted by atomic mass is 9.96. The molecule has 3 rings (SSSR count). The number of alkyl halides is 3. The minimum absolute atomic E-state index is 0.0552. The Hall–Kier alpha value is -2.77. The number of fused-ring (bicyclic) bond motifs is 1. The third-order valence-corrected chi connectivity index (χ3v) is 4.59. The molecule has 0 saturated heterocycles. The normalized spacial score (nSPS) is 13.7. The van der Waals surface area contributed by atoms with Crippen LogP contribution in [0.4, 0.5) is 28.9 Å². The highest BCUT2D eigenvalue weighted by Gasteiger charge is 2.36. The van der Waals surface area contributed by atoms with Crippen LogP contribution in [0, 0.1) is 28.5 Å². The van der Waals surface area contributed by atoms with Crippen LogP contribution >= 0.6 is 11.6 Å². The minimum Gasteiger partial charge on any atom is -0.339 e. The molecule has 0 aliphatic carbocycles. The van der Waals surface area contributed by atoms with E-state index in [0.29, 0.717) is 30.6 Å². The molecule has 0 fully saturated rings. The first kappa shape index (κ1) is 18.0. The molecule has 0 saturated carbocycles. The van der Waals surface area contributed by atoms with E-state index in [-0.39, 0.29) is 16.8 Å². The van der Waals surface area contributed by atoms with E-state index in [1.54, 1.807) is 11.0 Å². The van der Waals surface area contributed by atoms with E-state index in [1.165, 1.54) is 6.07 Å². The third-order valence-electron chi connectivity index (χ3n) is 4.20. The SMILES string of the molecule is N#Cc1cc(F)cc2c1N(c1ccc(C(F)(F)F)c(Cl)c1C#N)CCC2. The van der Waals surface area contributed by atoms with Crippen molar-refractivity contribution in [1.82, 2.24) is 0 Å². The molecule has 2 aromatic carbocycles. The van der Waals surface area contributed by atoms with Gasteiger partial charge in [-0.3, -0.25) is 0 Å². The maximum absolute atomic E-state index is 13.7. The topological polar surface area (TPSA) is 50.8 Å². The number of nitriles is 2. The van der Waals surface area contributed by atoms with E-state index in [1.807, 2.05) is 6.07 Å². The number of hydrogen-bond donors (Lipinski definition) is 0. The van der Waals surface area contributed by atoms with E-state index < -0.39 is 22.6 Å². The monoisotopic (exact) mass is 379 g/mol. The van der Waals surface area contributed by atoms with Crippen molar-refractivity contribution in [3.8, 4) is 12.1 Å². The van der Waals surface area contributed by atoms with Gasteiger partial charge in [0, 0.05) is 6.54 Å². The van der Waals surface area contributed by atoms with Crippen LogP contribution in [0.1, 0.15) is 28.7 Å². The fourth-order valence-corrected chi connectivity index (χ4v) is 3.46. The van der Waals surface area contributed by atoms with Crippen molar-refractivity contribution in [3.63, 3.8) is 0 Å². The molecule has 0 atom stereocenters. The molecular formula is C18H10ClF4N3. The molecule has 0 unspecified atom stereocenters. The number of rotatable bonds is 1. The van der Waals surface area contributed by atoms with Crippen LogP contribution in [0.25, 0.3) is 0 Å². The molecular weight excluding hydrogens is 370 g/mol. The maximum Gasteiger partial charge on any atom is 0.417 e. The van der Waals surface area contributed by atoms with Crippen LogP contribution in [0.2, 0.25) is 5.02 Å². The summed E-state index contributed by atoms with van der Waals surface area (Å²) in [5.74, 6) is -0.562. The maximum atomic E-state index is 13.7. The molecule has 26 heavy (non-hydrogen) atoms. The zero-order valence-electron chi connectivity index (χ0n) is 13.2. The molecule has 1 aliphatic rings. The van der Waals surface area contributed by atoms with Crippen LogP contribution in [0.5, 0.6) is 0 Å². The standard InChI is InChI=1S/C18H10ClF4N3/c19-16-13(9-25)15(4-3-14(16)18(21,22)23)26-5-1-2-10-6-12(20)7-11(8-24)17(10)26/h3-4,6-7H,1-2,5H2. The average Bonchev–Trinajstić information content (AvgIpc) is 2.58. The smallest absolute Gasteiger partial charge is 0.339 e. The number of anilines is 2. The number of hydrogen-bond acceptors (Lipinski definition) is 3. The van der Waals surface area contributed by atoms with Crippen molar-refractivity contribution < 1.29 is 17.6 Å². The van der Waals surface area contributed by atoms with Crippen LogP contribution in [0.3, 0.4) is 0 Å². The van der Waals surface area contributed by atoms with Gasteiger partial charge in [-0.05, 0) is 42.7 Å². The first-order valence-electron chi connectivity index (χ1n) is 7.57. The molecule has 3 nitrogen and oxygen atoms in total. The Balaban J connectivity index is 2.24. The Morgan fingerprint density at radius 2 is 1.85 bits per heavy atom. The minimum atomic E-state index is -4.69. The van der Waals surface area contributed by atoms with E-state index in [0.717, 1.165) is 18.2 Å². The zero-order valence-corrected chi connectivity index (χ0v) is 13.9. The van der Waals surface area contributed by atoms with Crippen LogP contribution in [-0.4, -0.2) is 6.54 Å². The summed E-state index contributed by atoms with van der Waals surface area (Å²) in [7, 11) is 0. The van der Waals surface area contributed by atoms with Gasteiger partial charge in [-0.15, -0.1) is 0 Å². The first-order chi connectivity index (χ1) is 12.3. The second-order valence-corrected chi connectivity index (χ2v) is 6.14. The van der Waals surface area contributed by atoms with E-state index in [4.69, 9.17) is 11.6 Å². The second-order valence-electron chi connectivity index (χ2n) is 5.76. The van der Waals surface area contributed by atoms with Gasteiger partial charge in [0.2, 0.25) is 0 Å². The van der Waals surface area contributed by atoms with Gasteiger partial charge in [-0.2, -0.15) is 23.7 Å². The highest BCUT2D eigenvalue weighted by molar-refractivity contribution is 6.33. The fourth-order valence-electron chi connectivity index (χ4n) is 3.15. The lowest BCUT2D eigenvalue weighted by Crippen LogP contribution is -2.27. The van der Waals surface area contributed by atoms with Gasteiger partial charge >= 0.3 is 6.18 Å². The highest BCUT2D eigenvalue weighted by Crippen LogP contribution is 2.43. The molecule has 1 aliphatic heterocycles. The highest BCUT2D eigenvalue weighted by atomic mass is 35.5. The number of benzene rings is 2. The predicted molar refractivity (Wildman–Crippen MR) is 87.6 cm³/mol. The van der Waals surface area contributed by atoms with E-state index in [2.05, 4.69) is 0 Å². The number of halogens is 5. The van der Waals surface area contributed by atoms with Gasteiger partial charge in [0.05, 0.1) is 33.1 Å². The van der Waals surface area contributed by atoms with Crippen LogP contribution < -0.4 is 4.90 Å². The summed E-state index contributed by atoms with van der Waals surface area (Å²) >= 11 is 5.85. The number of nitrogens with zero attached hydrogens (tertiary/aromatic N) is 3. The summed E-state index contributed by atoms with van der Waals surface area (Å²) in [5, 5.41) is 18.0. The summed E-state index contributed by atoms with van der Waals surface area (Å²) in [5.41, 5.74) is -0.256. The molecule has 0 N–H and O–H groups in total. The number of aryl methyl sites for hydroxylation is 1. The lowest BCUT2D eigenvalue weighted by Gasteiger charge is -2.33. The molecule has 132 valence electrons. The van der Waals surface area contributed by atoms with Crippen molar-refractivity contribution >= 4 is 23.0 Å². The lowest BCUT2D eigenvalue weighted by molar-refractivity contribution is -0.137. The zero-order chi connectivity index (χ0) is 19.1. The Bertz CT molecular complexity index is 970. The van der Waals surface area contributed by atoms with Gasteiger partial charge < -0.3 is 4.90 Å². The molecule has 2 aromatic rings. The molecule has 0 aromatic heterocycles. The quantitative estimate of drug-likeness (QED) is 0.629. The van der Waals surface area contributed by atoms with Crippen LogP contribution in [0.15, 0.2) is 24.3 Å². The third kappa shape index (κ3) is 2.95. The summed E-state index contributed by atoms with van der Waals surface area (Å²) in [6.45, 7) is 0.365. The van der Waals surface area contributed by atoms with Crippen molar-refractivity contribution in [2.24, 2.45) is 0 Å². The Labute approximate surface area is 151 Å². The van der Waals surface area contributed by atoms with Crippen molar-refractivity contribution in [1.29, 1.82) is 10.5 Å². The van der Waals surface area contributed by atoms with Crippen molar-refractivity contribution in [2.75, 3.05) is 11.4 Å². The summed E-state index contributed by atoms with van der Waals surface area (Å²) in [6.07, 6.45) is -3.58. The summed E-state index contributed by atoms with van der Waals surface area (Å²) in [6, 6.07) is 7.95. The fraction of sp³-hybridized carbons (Fsp3) is 0.222. The predicted octanol–water partition coefficient (Wildman–Crippen LogP) is 5.33. The van der Waals surface area contributed by atoms with Gasteiger partial charge in [0.1, 0.15) is 18.0 Å². The van der Waals surface area contributed by atoms with E-state index >= 15 is 0 Å². The molecule has 1 heterocycles. The van der Waals surface area contributed by atoms with Gasteiger partial charge in [-0.1, -0.05) is 11.6 Å². The first-order valence-corrected chi connectivity index (χ1v) is 7.95. The van der Waals surface area contributed by atoms with Crippen molar-refractivity contribution in [2.45, 2.75) is 19.0 Å². The van der Waals surface area contributed by atoms with Crippen LogP contribution in [-0.2, 0) is 12.6 Å². The molecule has 0 radical (unpaired) electrons. The van der Waals surface area contributed by atoms with Crippen molar-refractivity contribution in [3.05, 3.63) is 57.4 Å².